The maximum Gasteiger partial charge on any atom is 0.350 e. The molecule has 0 unspecified atom stereocenters. The highest BCUT2D eigenvalue weighted by Crippen LogP contribution is 2.24. The van der Waals surface area contributed by atoms with E-state index in [0.29, 0.717) is 27.3 Å². The van der Waals surface area contributed by atoms with Crippen molar-refractivity contribution in [3.63, 3.8) is 0 Å². The van der Waals surface area contributed by atoms with Crippen LogP contribution in [0.15, 0.2) is 41.4 Å². The first kappa shape index (κ1) is 21.9. The fraction of sp³-hybridized carbons (Fsp3) is 0.286. The molecule has 0 radical (unpaired) electrons. The van der Waals surface area contributed by atoms with E-state index in [0.717, 1.165) is 29.0 Å². The van der Waals surface area contributed by atoms with Crippen molar-refractivity contribution in [1.82, 2.24) is 15.2 Å². The van der Waals surface area contributed by atoms with Crippen molar-refractivity contribution in [1.29, 1.82) is 0 Å². The SMILES string of the molecule is CCOC(=O)c1sc(NC(=O)CSc2ccc(-c3ccc(CC)cc3)nn2)nc1C. The lowest BCUT2D eigenvalue weighted by molar-refractivity contribution is -0.113. The minimum atomic E-state index is -0.429. The molecule has 0 saturated carbocycles. The number of carbonyl (C=O) groups is 2. The third kappa shape index (κ3) is 5.64. The van der Waals surface area contributed by atoms with E-state index in [2.05, 4.69) is 39.6 Å². The number of benzene rings is 1. The van der Waals surface area contributed by atoms with Gasteiger partial charge in [0, 0.05) is 5.56 Å². The second-order valence-corrected chi connectivity index (χ2v) is 8.29. The summed E-state index contributed by atoms with van der Waals surface area (Å²) in [5, 5.41) is 12.2. The molecule has 0 atom stereocenters. The number of nitrogens with zero attached hydrogens (tertiary/aromatic N) is 3. The Hall–Kier alpha value is -2.78. The highest BCUT2D eigenvalue weighted by Gasteiger charge is 2.17. The molecule has 0 aliphatic heterocycles. The van der Waals surface area contributed by atoms with Gasteiger partial charge in [-0.05, 0) is 38.0 Å². The first-order valence-electron chi connectivity index (χ1n) is 9.50. The number of ether oxygens (including phenoxy) is 1. The van der Waals surface area contributed by atoms with Crippen molar-refractivity contribution in [3.8, 4) is 11.3 Å². The number of rotatable bonds is 8. The smallest absolute Gasteiger partial charge is 0.350 e. The highest BCUT2D eigenvalue weighted by atomic mass is 32.2. The monoisotopic (exact) mass is 442 g/mol. The maximum absolute atomic E-state index is 12.2. The van der Waals surface area contributed by atoms with E-state index in [9.17, 15) is 9.59 Å². The summed E-state index contributed by atoms with van der Waals surface area (Å²) in [7, 11) is 0. The molecule has 0 fully saturated rings. The Bertz CT molecular complexity index is 1020. The number of aryl methyl sites for hydroxylation is 2. The summed E-state index contributed by atoms with van der Waals surface area (Å²) in [5.41, 5.74) is 3.60. The molecule has 156 valence electrons. The molecule has 1 aromatic carbocycles. The van der Waals surface area contributed by atoms with Crippen LogP contribution in [0.4, 0.5) is 5.13 Å². The van der Waals surface area contributed by atoms with Crippen molar-refractivity contribution >= 4 is 40.1 Å². The maximum atomic E-state index is 12.2. The Kier molecular flexibility index (Phi) is 7.53. The Balaban J connectivity index is 1.54. The Morgan fingerprint density at radius 1 is 1.10 bits per heavy atom. The fourth-order valence-corrected chi connectivity index (χ4v) is 4.08. The molecule has 30 heavy (non-hydrogen) atoms. The molecule has 0 saturated heterocycles. The van der Waals surface area contributed by atoms with Crippen LogP contribution in [0.5, 0.6) is 0 Å². The first-order chi connectivity index (χ1) is 14.5. The van der Waals surface area contributed by atoms with Gasteiger partial charge in [-0.2, -0.15) is 0 Å². The lowest BCUT2D eigenvalue weighted by atomic mass is 10.1. The number of nitrogens with one attached hydrogen (secondary N) is 1. The van der Waals surface area contributed by atoms with Crippen LogP contribution in [0.25, 0.3) is 11.3 Å². The van der Waals surface area contributed by atoms with Crippen LogP contribution in [0.3, 0.4) is 0 Å². The average molecular weight is 443 g/mol. The second-order valence-electron chi connectivity index (χ2n) is 6.30. The summed E-state index contributed by atoms with van der Waals surface area (Å²) in [4.78, 5) is 28.7. The number of aromatic nitrogens is 3. The minimum Gasteiger partial charge on any atom is -0.462 e. The topological polar surface area (TPSA) is 94.1 Å². The van der Waals surface area contributed by atoms with Gasteiger partial charge in [0.05, 0.1) is 23.7 Å². The molecular formula is C21H22N4O3S2. The number of anilines is 1. The van der Waals surface area contributed by atoms with Crippen LogP contribution < -0.4 is 5.32 Å². The van der Waals surface area contributed by atoms with Gasteiger partial charge in [0.2, 0.25) is 5.91 Å². The minimum absolute atomic E-state index is 0.159. The molecule has 9 heteroatoms. The molecule has 2 heterocycles. The van der Waals surface area contributed by atoms with E-state index < -0.39 is 5.97 Å². The molecular weight excluding hydrogens is 420 g/mol. The van der Waals surface area contributed by atoms with Gasteiger partial charge in [0.15, 0.2) is 5.13 Å². The normalized spacial score (nSPS) is 10.6. The van der Waals surface area contributed by atoms with Gasteiger partial charge in [-0.1, -0.05) is 54.3 Å². The van der Waals surface area contributed by atoms with E-state index >= 15 is 0 Å². The zero-order valence-electron chi connectivity index (χ0n) is 17.0. The zero-order chi connectivity index (χ0) is 21.5. The molecule has 0 aliphatic rings. The van der Waals surface area contributed by atoms with Crippen LogP contribution in [-0.2, 0) is 16.0 Å². The lowest BCUT2D eigenvalue weighted by Gasteiger charge is -2.04. The Morgan fingerprint density at radius 2 is 1.87 bits per heavy atom. The standard InChI is InChI=1S/C21H22N4O3S2/c1-4-14-6-8-15(9-7-14)16-10-11-18(25-24-16)29-12-17(26)23-21-22-13(3)19(30-21)20(27)28-5-2/h6-11H,4-5,12H2,1-3H3,(H,22,23,26). The Morgan fingerprint density at radius 3 is 2.50 bits per heavy atom. The number of thiazole rings is 1. The predicted octanol–water partition coefficient (Wildman–Crippen LogP) is 4.38. The predicted molar refractivity (Wildman–Crippen MR) is 119 cm³/mol. The molecule has 1 amide bonds. The van der Waals surface area contributed by atoms with Crippen molar-refractivity contribution in [2.45, 2.75) is 32.2 Å². The van der Waals surface area contributed by atoms with E-state index in [1.54, 1.807) is 13.8 Å². The first-order valence-corrected chi connectivity index (χ1v) is 11.3. The van der Waals surface area contributed by atoms with Crippen molar-refractivity contribution in [2.24, 2.45) is 0 Å². The summed E-state index contributed by atoms with van der Waals surface area (Å²) < 4.78 is 4.98. The quantitative estimate of drug-likeness (QED) is 0.409. The highest BCUT2D eigenvalue weighted by molar-refractivity contribution is 7.99. The third-order valence-corrected chi connectivity index (χ3v) is 6.13. The molecule has 0 aliphatic carbocycles. The van der Waals surface area contributed by atoms with Gasteiger partial charge in [-0.3, -0.25) is 4.79 Å². The van der Waals surface area contributed by atoms with E-state index in [1.165, 1.54) is 17.3 Å². The number of hydrogen-bond donors (Lipinski definition) is 1. The molecule has 1 N–H and O–H groups in total. The lowest BCUT2D eigenvalue weighted by Crippen LogP contribution is -2.14. The Labute approximate surface area is 183 Å². The molecule has 0 bridgehead atoms. The summed E-state index contributed by atoms with van der Waals surface area (Å²) in [6, 6.07) is 12.0. The van der Waals surface area contributed by atoms with Crippen molar-refractivity contribution < 1.29 is 14.3 Å². The van der Waals surface area contributed by atoms with Gasteiger partial charge in [-0.15, -0.1) is 10.2 Å². The number of amides is 1. The van der Waals surface area contributed by atoms with E-state index in [4.69, 9.17) is 4.74 Å². The summed E-state index contributed by atoms with van der Waals surface area (Å²) in [6.07, 6.45) is 0.994. The van der Waals surface area contributed by atoms with Crippen LogP contribution in [0.1, 0.15) is 34.8 Å². The average Bonchev–Trinajstić information content (AvgIpc) is 3.13. The van der Waals surface area contributed by atoms with Crippen molar-refractivity contribution in [2.75, 3.05) is 17.7 Å². The van der Waals surface area contributed by atoms with Crippen LogP contribution in [-0.4, -0.2) is 39.4 Å². The second kappa shape index (κ2) is 10.3. The number of carbonyl (C=O) groups excluding carboxylic acids is 2. The molecule has 3 aromatic rings. The van der Waals surface area contributed by atoms with Crippen LogP contribution in [0.2, 0.25) is 0 Å². The van der Waals surface area contributed by atoms with Crippen molar-refractivity contribution in [3.05, 3.63) is 52.5 Å². The molecule has 3 rings (SSSR count). The third-order valence-electron chi connectivity index (χ3n) is 4.15. The van der Waals surface area contributed by atoms with Gasteiger partial charge in [-0.25, -0.2) is 9.78 Å². The molecule has 2 aromatic heterocycles. The summed E-state index contributed by atoms with van der Waals surface area (Å²) in [6.45, 7) is 5.86. The van der Waals surface area contributed by atoms with Gasteiger partial charge in [0.25, 0.3) is 0 Å². The zero-order valence-corrected chi connectivity index (χ0v) is 18.6. The van der Waals surface area contributed by atoms with E-state index in [-0.39, 0.29) is 11.7 Å². The number of hydrogen-bond acceptors (Lipinski definition) is 8. The molecule has 0 spiro atoms. The van der Waals surface area contributed by atoms with E-state index in [1.807, 2.05) is 24.3 Å². The van der Waals surface area contributed by atoms with Gasteiger partial charge in [0.1, 0.15) is 9.90 Å². The summed E-state index contributed by atoms with van der Waals surface area (Å²) >= 11 is 2.39. The van der Waals surface area contributed by atoms with Crippen LogP contribution >= 0.6 is 23.1 Å². The van der Waals surface area contributed by atoms with Gasteiger partial charge >= 0.3 is 5.97 Å². The molecule has 7 nitrogen and oxygen atoms in total. The summed E-state index contributed by atoms with van der Waals surface area (Å²) in [5.74, 6) is -0.501. The van der Waals surface area contributed by atoms with Gasteiger partial charge < -0.3 is 10.1 Å². The van der Waals surface area contributed by atoms with Crippen LogP contribution in [0, 0.1) is 6.92 Å². The largest absolute Gasteiger partial charge is 0.462 e. The fourth-order valence-electron chi connectivity index (χ4n) is 2.59. The number of esters is 1. The number of thioether (sulfide) groups is 1.